The fourth-order valence-electron chi connectivity index (χ4n) is 1.75. The maximum Gasteiger partial charge on any atom is 0.348 e. The number of benzene rings is 1. The van der Waals surface area contributed by atoms with Crippen LogP contribution in [0, 0.1) is 0 Å². The molecule has 0 fully saturated rings. The van der Waals surface area contributed by atoms with E-state index in [0.717, 1.165) is 17.3 Å². The van der Waals surface area contributed by atoms with Gasteiger partial charge in [-0.05, 0) is 12.1 Å². The molecule has 0 amide bonds. The van der Waals surface area contributed by atoms with Crippen LogP contribution in [0.25, 0.3) is 21.8 Å². The molecule has 3 aromatic rings. The van der Waals surface area contributed by atoms with Crippen molar-refractivity contribution in [3.05, 3.63) is 35.1 Å². The van der Waals surface area contributed by atoms with E-state index in [9.17, 15) is 4.79 Å². The van der Waals surface area contributed by atoms with Gasteiger partial charge in [0.1, 0.15) is 5.39 Å². The standard InChI is InChI=1S/C10H7N3O2/c1-13-9-6(4-12-13)2-3-7-8(9)10(14)15-5-11-7/h2-5H,1H3. The molecule has 0 saturated heterocycles. The smallest absolute Gasteiger partial charge is 0.348 e. The molecule has 5 nitrogen and oxygen atoms in total. The van der Waals surface area contributed by atoms with E-state index >= 15 is 0 Å². The molecule has 0 aliphatic carbocycles. The zero-order chi connectivity index (χ0) is 10.4. The summed E-state index contributed by atoms with van der Waals surface area (Å²) >= 11 is 0. The number of aryl methyl sites for hydroxylation is 1. The molecular formula is C10H7N3O2. The summed E-state index contributed by atoms with van der Waals surface area (Å²) in [6, 6.07) is 3.67. The van der Waals surface area contributed by atoms with Gasteiger partial charge in [-0.2, -0.15) is 5.10 Å². The third-order valence-corrected chi connectivity index (χ3v) is 2.44. The Morgan fingerprint density at radius 3 is 3.13 bits per heavy atom. The van der Waals surface area contributed by atoms with Crippen LogP contribution in [-0.4, -0.2) is 14.8 Å². The Morgan fingerprint density at radius 2 is 2.27 bits per heavy atom. The average Bonchev–Trinajstić information content (AvgIpc) is 2.61. The first-order valence-electron chi connectivity index (χ1n) is 4.45. The van der Waals surface area contributed by atoms with Crippen LogP contribution in [0.4, 0.5) is 0 Å². The van der Waals surface area contributed by atoms with E-state index in [1.54, 1.807) is 24.0 Å². The number of rotatable bonds is 0. The summed E-state index contributed by atoms with van der Waals surface area (Å²) < 4.78 is 6.41. The lowest BCUT2D eigenvalue weighted by Gasteiger charge is -1.98. The first kappa shape index (κ1) is 8.16. The Labute approximate surface area is 84.0 Å². The highest BCUT2D eigenvalue weighted by Crippen LogP contribution is 2.19. The summed E-state index contributed by atoms with van der Waals surface area (Å²) in [4.78, 5) is 15.6. The predicted molar refractivity (Wildman–Crippen MR) is 54.6 cm³/mol. The van der Waals surface area contributed by atoms with Crippen molar-refractivity contribution in [2.45, 2.75) is 0 Å². The van der Waals surface area contributed by atoms with E-state index in [4.69, 9.17) is 4.42 Å². The highest BCUT2D eigenvalue weighted by Gasteiger charge is 2.09. The van der Waals surface area contributed by atoms with Gasteiger partial charge in [0.15, 0.2) is 6.39 Å². The van der Waals surface area contributed by atoms with E-state index in [1.165, 1.54) is 0 Å². The zero-order valence-electron chi connectivity index (χ0n) is 7.97. The van der Waals surface area contributed by atoms with Crippen molar-refractivity contribution in [2.75, 3.05) is 0 Å². The van der Waals surface area contributed by atoms with Crippen LogP contribution in [-0.2, 0) is 7.05 Å². The van der Waals surface area contributed by atoms with Crippen LogP contribution in [0.1, 0.15) is 0 Å². The van der Waals surface area contributed by atoms with Crippen LogP contribution >= 0.6 is 0 Å². The Balaban J connectivity index is 2.74. The second-order valence-corrected chi connectivity index (χ2v) is 3.31. The SMILES string of the molecule is Cn1ncc2ccc3ncoc(=O)c3c21. The molecule has 74 valence electrons. The lowest BCUT2D eigenvalue weighted by molar-refractivity contribution is 0.501. The number of fused-ring (bicyclic) bond motifs is 3. The molecule has 0 spiro atoms. The van der Waals surface area contributed by atoms with Gasteiger partial charge in [-0.25, -0.2) is 9.78 Å². The molecule has 2 aromatic heterocycles. The summed E-state index contributed by atoms with van der Waals surface area (Å²) in [6.07, 6.45) is 2.87. The monoisotopic (exact) mass is 201 g/mol. The van der Waals surface area contributed by atoms with E-state index < -0.39 is 0 Å². The molecule has 0 bridgehead atoms. The van der Waals surface area contributed by atoms with Crippen molar-refractivity contribution in [2.24, 2.45) is 7.05 Å². The highest BCUT2D eigenvalue weighted by molar-refractivity contribution is 6.02. The Morgan fingerprint density at radius 1 is 1.40 bits per heavy atom. The number of hydrogen-bond donors (Lipinski definition) is 0. The summed E-state index contributed by atoms with van der Waals surface area (Å²) in [6.45, 7) is 0. The fraction of sp³-hybridized carbons (Fsp3) is 0.100. The molecule has 5 heteroatoms. The van der Waals surface area contributed by atoms with Crippen molar-refractivity contribution < 1.29 is 4.42 Å². The number of aromatic nitrogens is 3. The van der Waals surface area contributed by atoms with Crippen LogP contribution in [0.15, 0.2) is 33.9 Å². The second-order valence-electron chi connectivity index (χ2n) is 3.31. The Kier molecular flexibility index (Phi) is 1.45. The molecule has 0 unspecified atom stereocenters. The Bertz CT molecular complexity index is 711. The van der Waals surface area contributed by atoms with Crippen molar-refractivity contribution in [3.8, 4) is 0 Å². The quantitative estimate of drug-likeness (QED) is 0.546. The molecule has 0 radical (unpaired) electrons. The zero-order valence-corrected chi connectivity index (χ0v) is 7.97. The Hall–Kier alpha value is -2.17. The van der Waals surface area contributed by atoms with E-state index in [0.29, 0.717) is 10.9 Å². The molecule has 2 heterocycles. The molecule has 1 aromatic carbocycles. The minimum absolute atomic E-state index is 0.380. The fourth-order valence-corrected chi connectivity index (χ4v) is 1.75. The summed E-state index contributed by atoms with van der Waals surface area (Å²) in [5, 5.41) is 5.48. The van der Waals surface area contributed by atoms with Gasteiger partial charge in [-0.1, -0.05) is 0 Å². The predicted octanol–water partition coefficient (Wildman–Crippen LogP) is 1.07. The highest BCUT2D eigenvalue weighted by atomic mass is 16.4. The lowest BCUT2D eigenvalue weighted by atomic mass is 10.2. The van der Waals surface area contributed by atoms with Crippen molar-refractivity contribution in [3.63, 3.8) is 0 Å². The summed E-state index contributed by atoms with van der Waals surface area (Å²) in [7, 11) is 1.79. The second kappa shape index (κ2) is 2.66. The van der Waals surface area contributed by atoms with Gasteiger partial charge in [-0.15, -0.1) is 0 Å². The van der Waals surface area contributed by atoms with Gasteiger partial charge in [0.2, 0.25) is 0 Å². The molecule has 0 atom stereocenters. The molecule has 15 heavy (non-hydrogen) atoms. The van der Waals surface area contributed by atoms with E-state index in [1.807, 2.05) is 6.07 Å². The topological polar surface area (TPSA) is 60.9 Å². The van der Waals surface area contributed by atoms with Gasteiger partial charge >= 0.3 is 5.63 Å². The van der Waals surface area contributed by atoms with Gasteiger partial charge in [0.25, 0.3) is 0 Å². The van der Waals surface area contributed by atoms with Crippen molar-refractivity contribution >= 4 is 21.8 Å². The first-order chi connectivity index (χ1) is 7.27. The molecule has 0 N–H and O–H groups in total. The van der Waals surface area contributed by atoms with E-state index in [2.05, 4.69) is 10.1 Å². The molecule has 3 rings (SSSR count). The normalized spacial score (nSPS) is 11.3. The van der Waals surface area contributed by atoms with Gasteiger partial charge < -0.3 is 4.42 Å². The maximum atomic E-state index is 11.6. The van der Waals surface area contributed by atoms with Crippen molar-refractivity contribution in [1.82, 2.24) is 14.8 Å². The maximum absolute atomic E-state index is 11.6. The van der Waals surface area contributed by atoms with Crippen LogP contribution in [0.3, 0.4) is 0 Å². The summed E-state index contributed by atoms with van der Waals surface area (Å²) in [5.74, 6) is 0. The molecule has 0 aliphatic heterocycles. The molecular weight excluding hydrogens is 194 g/mol. The van der Waals surface area contributed by atoms with Crippen LogP contribution in [0.5, 0.6) is 0 Å². The van der Waals surface area contributed by atoms with Gasteiger partial charge in [0, 0.05) is 12.4 Å². The van der Waals surface area contributed by atoms with Crippen molar-refractivity contribution in [1.29, 1.82) is 0 Å². The van der Waals surface area contributed by atoms with Gasteiger partial charge in [-0.3, -0.25) is 4.68 Å². The van der Waals surface area contributed by atoms with E-state index in [-0.39, 0.29) is 5.63 Å². The molecule has 0 saturated carbocycles. The number of nitrogens with zero attached hydrogens (tertiary/aromatic N) is 3. The third-order valence-electron chi connectivity index (χ3n) is 2.44. The van der Waals surface area contributed by atoms with Gasteiger partial charge in [0.05, 0.1) is 17.2 Å². The lowest BCUT2D eigenvalue weighted by Crippen LogP contribution is -2.02. The largest absolute Gasteiger partial charge is 0.411 e. The first-order valence-corrected chi connectivity index (χ1v) is 4.45. The van der Waals surface area contributed by atoms with Crippen LogP contribution < -0.4 is 5.63 Å². The number of hydrogen-bond acceptors (Lipinski definition) is 4. The average molecular weight is 201 g/mol. The minimum atomic E-state index is -0.380. The molecule has 0 aliphatic rings. The summed E-state index contributed by atoms with van der Waals surface area (Å²) in [5.41, 5.74) is 1.01. The third kappa shape index (κ3) is 0.999. The van der Waals surface area contributed by atoms with Crippen LogP contribution in [0.2, 0.25) is 0 Å². The minimum Gasteiger partial charge on any atom is -0.411 e.